The first-order chi connectivity index (χ1) is 8.54. The molecule has 0 bridgehead atoms. The van der Waals surface area contributed by atoms with Gasteiger partial charge in [-0.2, -0.15) is 0 Å². The zero-order chi connectivity index (χ0) is 13.3. The second-order valence-corrected chi connectivity index (χ2v) is 4.85. The third-order valence-electron chi connectivity index (χ3n) is 3.36. The van der Waals surface area contributed by atoms with Crippen molar-refractivity contribution < 1.29 is 9.90 Å². The Kier molecular flexibility index (Phi) is 3.41. The van der Waals surface area contributed by atoms with Crippen LogP contribution < -0.4 is 0 Å². The van der Waals surface area contributed by atoms with Gasteiger partial charge >= 0.3 is 5.97 Å². The Labute approximate surface area is 107 Å². The third-order valence-corrected chi connectivity index (χ3v) is 3.36. The van der Waals surface area contributed by atoms with Crippen molar-refractivity contribution in [2.75, 3.05) is 0 Å². The van der Waals surface area contributed by atoms with Gasteiger partial charge in [-0.3, -0.25) is 0 Å². The molecule has 1 aromatic carbocycles. The number of aromatic nitrogens is 1. The van der Waals surface area contributed by atoms with E-state index in [0.29, 0.717) is 5.56 Å². The standard InChI is InChI=1S/C15H19NO2/c1-4-5-6-16-9-11(3)13-8-12(15(17)18)7-10(2)14(13)16/h7-9H,4-6H2,1-3H3,(H,17,18). The average Bonchev–Trinajstić information content (AvgIpc) is 2.64. The maximum absolute atomic E-state index is 11.1. The predicted octanol–water partition coefficient (Wildman–Crippen LogP) is 3.76. The number of rotatable bonds is 4. The molecule has 0 aliphatic rings. The summed E-state index contributed by atoms with van der Waals surface area (Å²) in [6, 6.07) is 3.54. The fraction of sp³-hybridized carbons (Fsp3) is 0.400. The van der Waals surface area contributed by atoms with Crippen molar-refractivity contribution >= 4 is 16.9 Å². The molecule has 0 saturated carbocycles. The van der Waals surface area contributed by atoms with Crippen molar-refractivity contribution in [3.05, 3.63) is 35.0 Å². The molecule has 1 aromatic heterocycles. The number of aryl methyl sites for hydroxylation is 3. The smallest absolute Gasteiger partial charge is 0.335 e. The van der Waals surface area contributed by atoms with Crippen molar-refractivity contribution in [2.45, 2.75) is 40.2 Å². The number of aromatic carboxylic acids is 1. The van der Waals surface area contributed by atoms with Crippen LogP contribution in [-0.2, 0) is 6.54 Å². The van der Waals surface area contributed by atoms with Gasteiger partial charge in [0.2, 0.25) is 0 Å². The zero-order valence-electron chi connectivity index (χ0n) is 11.2. The van der Waals surface area contributed by atoms with Gasteiger partial charge in [0.15, 0.2) is 0 Å². The van der Waals surface area contributed by atoms with Crippen LogP contribution in [0.25, 0.3) is 10.9 Å². The molecular weight excluding hydrogens is 226 g/mol. The van der Waals surface area contributed by atoms with Gasteiger partial charge < -0.3 is 9.67 Å². The summed E-state index contributed by atoms with van der Waals surface area (Å²) in [5, 5.41) is 10.2. The van der Waals surface area contributed by atoms with Gasteiger partial charge in [-0.1, -0.05) is 13.3 Å². The van der Waals surface area contributed by atoms with Crippen LogP contribution in [0.15, 0.2) is 18.3 Å². The number of carboxylic acid groups (broad SMARTS) is 1. The minimum atomic E-state index is -0.860. The lowest BCUT2D eigenvalue weighted by molar-refractivity contribution is 0.0697. The summed E-state index contributed by atoms with van der Waals surface area (Å²) in [6.07, 6.45) is 4.42. The summed E-state index contributed by atoms with van der Waals surface area (Å²) in [7, 11) is 0. The average molecular weight is 245 g/mol. The highest BCUT2D eigenvalue weighted by molar-refractivity contribution is 5.96. The van der Waals surface area contributed by atoms with Crippen LogP contribution in [-0.4, -0.2) is 15.6 Å². The van der Waals surface area contributed by atoms with Gasteiger partial charge in [0.1, 0.15) is 0 Å². The van der Waals surface area contributed by atoms with Crippen LogP contribution in [0.3, 0.4) is 0 Å². The van der Waals surface area contributed by atoms with E-state index in [-0.39, 0.29) is 0 Å². The number of nitrogens with zero attached hydrogens (tertiary/aromatic N) is 1. The number of fused-ring (bicyclic) bond motifs is 1. The molecule has 2 aromatic rings. The van der Waals surface area contributed by atoms with Crippen molar-refractivity contribution in [1.29, 1.82) is 0 Å². The minimum Gasteiger partial charge on any atom is -0.478 e. The molecule has 0 aliphatic heterocycles. The van der Waals surface area contributed by atoms with E-state index in [4.69, 9.17) is 5.11 Å². The van der Waals surface area contributed by atoms with Crippen LogP contribution in [0.2, 0.25) is 0 Å². The first-order valence-corrected chi connectivity index (χ1v) is 6.38. The Hall–Kier alpha value is -1.77. The maximum atomic E-state index is 11.1. The Balaban J connectivity index is 2.61. The van der Waals surface area contributed by atoms with E-state index in [2.05, 4.69) is 17.7 Å². The SMILES string of the molecule is CCCCn1cc(C)c2cc(C(=O)O)cc(C)c21. The molecule has 0 fully saturated rings. The quantitative estimate of drug-likeness (QED) is 0.891. The maximum Gasteiger partial charge on any atom is 0.335 e. The number of carbonyl (C=O) groups is 1. The highest BCUT2D eigenvalue weighted by Crippen LogP contribution is 2.26. The van der Waals surface area contributed by atoms with E-state index in [1.165, 1.54) is 5.52 Å². The first-order valence-electron chi connectivity index (χ1n) is 6.38. The second-order valence-electron chi connectivity index (χ2n) is 4.85. The van der Waals surface area contributed by atoms with Crippen LogP contribution in [0.4, 0.5) is 0 Å². The Morgan fingerprint density at radius 1 is 1.28 bits per heavy atom. The molecule has 0 spiro atoms. The molecule has 1 N–H and O–H groups in total. The summed E-state index contributed by atoms with van der Waals surface area (Å²) in [5.74, 6) is -0.860. The molecule has 2 rings (SSSR count). The normalized spacial score (nSPS) is 11.1. The van der Waals surface area contributed by atoms with Crippen molar-refractivity contribution in [3.63, 3.8) is 0 Å². The van der Waals surface area contributed by atoms with Gasteiger partial charge in [-0.05, 0) is 43.5 Å². The van der Waals surface area contributed by atoms with Gasteiger partial charge in [0.05, 0.1) is 11.1 Å². The summed E-state index contributed by atoms with van der Waals surface area (Å²) < 4.78 is 2.25. The second kappa shape index (κ2) is 4.84. The van der Waals surface area contributed by atoms with Crippen LogP contribution in [0.1, 0.15) is 41.3 Å². The molecule has 3 heteroatoms. The summed E-state index contributed by atoms with van der Waals surface area (Å²) in [5.41, 5.74) is 3.73. The number of hydrogen-bond acceptors (Lipinski definition) is 1. The van der Waals surface area contributed by atoms with E-state index in [9.17, 15) is 4.79 Å². The molecular formula is C15H19NO2. The lowest BCUT2D eigenvalue weighted by atomic mass is 10.1. The van der Waals surface area contributed by atoms with Crippen LogP contribution >= 0.6 is 0 Å². The lowest BCUT2D eigenvalue weighted by Gasteiger charge is -2.07. The topological polar surface area (TPSA) is 42.2 Å². The van der Waals surface area contributed by atoms with Crippen molar-refractivity contribution in [2.24, 2.45) is 0 Å². The molecule has 96 valence electrons. The Bertz CT molecular complexity index is 596. The fourth-order valence-corrected chi connectivity index (χ4v) is 2.46. The van der Waals surface area contributed by atoms with E-state index in [1.807, 2.05) is 13.8 Å². The number of carboxylic acids is 1. The van der Waals surface area contributed by atoms with Crippen molar-refractivity contribution in [1.82, 2.24) is 4.57 Å². The minimum absolute atomic E-state index is 0.372. The third kappa shape index (κ3) is 2.13. The zero-order valence-corrected chi connectivity index (χ0v) is 11.2. The predicted molar refractivity (Wildman–Crippen MR) is 73.3 cm³/mol. The monoisotopic (exact) mass is 245 g/mol. The molecule has 18 heavy (non-hydrogen) atoms. The van der Waals surface area contributed by atoms with Gasteiger partial charge in [-0.25, -0.2) is 4.79 Å². The Morgan fingerprint density at radius 2 is 2.00 bits per heavy atom. The Morgan fingerprint density at radius 3 is 2.61 bits per heavy atom. The van der Waals surface area contributed by atoms with E-state index in [1.54, 1.807) is 12.1 Å². The van der Waals surface area contributed by atoms with Gasteiger partial charge in [-0.15, -0.1) is 0 Å². The number of hydrogen-bond donors (Lipinski definition) is 1. The molecule has 1 heterocycles. The number of benzene rings is 1. The molecule has 3 nitrogen and oxygen atoms in total. The first kappa shape index (κ1) is 12.7. The van der Waals surface area contributed by atoms with E-state index >= 15 is 0 Å². The van der Waals surface area contributed by atoms with Gasteiger partial charge in [0.25, 0.3) is 0 Å². The summed E-state index contributed by atoms with van der Waals surface area (Å²) in [4.78, 5) is 11.1. The summed E-state index contributed by atoms with van der Waals surface area (Å²) in [6.45, 7) is 7.19. The van der Waals surface area contributed by atoms with E-state index < -0.39 is 5.97 Å². The molecule has 0 radical (unpaired) electrons. The van der Waals surface area contributed by atoms with E-state index in [0.717, 1.165) is 35.9 Å². The highest BCUT2D eigenvalue weighted by atomic mass is 16.4. The van der Waals surface area contributed by atoms with Crippen LogP contribution in [0, 0.1) is 13.8 Å². The molecule has 0 amide bonds. The van der Waals surface area contributed by atoms with Crippen LogP contribution in [0.5, 0.6) is 0 Å². The fourth-order valence-electron chi connectivity index (χ4n) is 2.46. The molecule has 0 saturated heterocycles. The number of unbranched alkanes of at least 4 members (excludes halogenated alkanes) is 1. The lowest BCUT2D eigenvalue weighted by Crippen LogP contribution is -2.00. The largest absolute Gasteiger partial charge is 0.478 e. The highest BCUT2D eigenvalue weighted by Gasteiger charge is 2.12. The summed E-state index contributed by atoms with van der Waals surface area (Å²) >= 11 is 0. The molecule has 0 aliphatic carbocycles. The van der Waals surface area contributed by atoms with Gasteiger partial charge in [0, 0.05) is 18.1 Å². The van der Waals surface area contributed by atoms with Crippen molar-refractivity contribution in [3.8, 4) is 0 Å². The molecule has 0 unspecified atom stereocenters. The molecule has 0 atom stereocenters.